The zero-order valence-corrected chi connectivity index (χ0v) is 11.9. The zero-order valence-electron chi connectivity index (χ0n) is 11.9. The van der Waals surface area contributed by atoms with E-state index in [4.69, 9.17) is 0 Å². The van der Waals surface area contributed by atoms with Crippen LogP contribution in [0.15, 0.2) is 12.1 Å². The lowest BCUT2D eigenvalue weighted by Crippen LogP contribution is -2.31. The van der Waals surface area contributed by atoms with Gasteiger partial charge in [-0.15, -0.1) is 0 Å². The van der Waals surface area contributed by atoms with E-state index in [-0.39, 0.29) is 11.8 Å². The Morgan fingerprint density at radius 3 is 2.95 bits per heavy atom. The van der Waals surface area contributed by atoms with Gasteiger partial charge in [0.2, 0.25) is 11.8 Å². The van der Waals surface area contributed by atoms with Crippen LogP contribution in [0.3, 0.4) is 0 Å². The molecule has 4 nitrogen and oxygen atoms in total. The number of carbonyl (C=O) groups excluding carboxylic acids is 2. The Kier molecular flexibility index (Phi) is 3.47. The van der Waals surface area contributed by atoms with Crippen molar-refractivity contribution in [1.82, 2.24) is 0 Å². The third-order valence-corrected chi connectivity index (χ3v) is 4.05. The molecule has 20 heavy (non-hydrogen) atoms. The Morgan fingerprint density at radius 2 is 2.15 bits per heavy atom. The van der Waals surface area contributed by atoms with Crippen LogP contribution in [0.2, 0.25) is 0 Å². The fourth-order valence-corrected chi connectivity index (χ4v) is 3.11. The Hall–Kier alpha value is -1.84. The number of carbonyl (C=O) groups is 2. The Morgan fingerprint density at radius 1 is 1.35 bits per heavy atom. The van der Waals surface area contributed by atoms with E-state index in [1.54, 1.807) is 0 Å². The monoisotopic (exact) mass is 272 g/mol. The molecule has 0 aliphatic carbocycles. The second kappa shape index (κ2) is 5.27. The molecule has 0 saturated carbocycles. The molecule has 3 rings (SSSR count). The molecule has 106 valence electrons. The maximum absolute atomic E-state index is 12.0. The molecule has 2 aliphatic rings. The van der Waals surface area contributed by atoms with E-state index >= 15 is 0 Å². The number of amides is 2. The summed E-state index contributed by atoms with van der Waals surface area (Å²) in [6.45, 7) is 2.91. The summed E-state index contributed by atoms with van der Waals surface area (Å²) in [5.74, 6) is 0.256. The van der Waals surface area contributed by atoms with Gasteiger partial charge in [0.05, 0.1) is 12.1 Å². The summed E-state index contributed by atoms with van der Waals surface area (Å²) >= 11 is 0. The van der Waals surface area contributed by atoms with Gasteiger partial charge in [0, 0.05) is 18.7 Å². The maximum Gasteiger partial charge on any atom is 0.231 e. The minimum Gasteiger partial charge on any atom is -0.326 e. The number of nitrogens with one attached hydrogen (secondary N) is 1. The average molecular weight is 272 g/mol. The van der Waals surface area contributed by atoms with Gasteiger partial charge in [0.25, 0.3) is 0 Å². The molecule has 1 aromatic carbocycles. The van der Waals surface area contributed by atoms with E-state index in [2.05, 4.69) is 12.2 Å². The number of hydrogen-bond donors (Lipinski definition) is 1. The summed E-state index contributed by atoms with van der Waals surface area (Å²) < 4.78 is 0. The molecule has 1 aromatic rings. The van der Waals surface area contributed by atoms with E-state index in [1.165, 1.54) is 5.56 Å². The van der Waals surface area contributed by atoms with Crippen molar-refractivity contribution in [3.05, 3.63) is 23.3 Å². The van der Waals surface area contributed by atoms with E-state index in [9.17, 15) is 9.59 Å². The lowest BCUT2D eigenvalue weighted by atomic mass is 9.99. The molecule has 1 N–H and O–H groups in total. The molecule has 0 unspecified atom stereocenters. The maximum atomic E-state index is 12.0. The molecule has 0 radical (unpaired) electrons. The van der Waals surface area contributed by atoms with Crippen molar-refractivity contribution >= 4 is 23.2 Å². The highest BCUT2D eigenvalue weighted by Gasteiger charge is 2.32. The second-order valence-electron chi connectivity index (χ2n) is 5.62. The van der Waals surface area contributed by atoms with Crippen LogP contribution in [0.4, 0.5) is 11.4 Å². The Balaban J connectivity index is 1.84. The molecule has 2 heterocycles. The molecule has 0 spiro atoms. The first-order valence-corrected chi connectivity index (χ1v) is 7.45. The van der Waals surface area contributed by atoms with Crippen molar-refractivity contribution in [2.75, 3.05) is 16.8 Å². The first-order chi connectivity index (χ1) is 9.69. The molecular weight excluding hydrogens is 252 g/mol. The van der Waals surface area contributed by atoms with Gasteiger partial charge in [-0.2, -0.15) is 0 Å². The quantitative estimate of drug-likeness (QED) is 0.916. The second-order valence-corrected chi connectivity index (χ2v) is 5.62. The van der Waals surface area contributed by atoms with Crippen LogP contribution in [-0.2, 0) is 22.4 Å². The number of hydrogen-bond acceptors (Lipinski definition) is 2. The summed E-state index contributed by atoms with van der Waals surface area (Å²) in [6, 6.07) is 4.00. The predicted molar refractivity (Wildman–Crippen MR) is 79.0 cm³/mol. The third kappa shape index (κ3) is 2.30. The van der Waals surface area contributed by atoms with Gasteiger partial charge in [-0.3, -0.25) is 9.59 Å². The Bertz CT molecular complexity index is 566. The number of aryl methyl sites for hydroxylation is 1. The van der Waals surface area contributed by atoms with Crippen molar-refractivity contribution in [3.63, 3.8) is 0 Å². The van der Waals surface area contributed by atoms with Crippen molar-refractivity contribution in [1.29, 1.82) is 0 Å². The van der Waals surface area contributed by atoms with E-state index < -0.39 is 0 Å². The van der Waals surface area contributed by atoms with Crippen LogP contribution < -0.4 is 10.2 Å². The van der Waals surface area contributed by atoms with Gasteiger partial charge < -0.3 is 10.2 Å². The number of nitrogens with zero attached hydrogens (tertiary/aromatic N) is 1. The van der Waals surface area contributed by atoms with E-state index in [1.807, 2.05) is 17.0 Å². The number of benzene rings is 1. The molecule has 0 saturated heterocycles. The topological polar surface area (TPSA) is 49.4 Å². The molecule has 0 fully saturated rings. The first kappa shape index (κ1) is 13.2. The molecule has 0 atom stereocenters. The highest BCUT2D eigenvalue weighted by molar-refractivity contribution is 6.03. The first-order valence-electron chi connectivity index (χ1n) is 7.45. The molecule has 4 heteroatoms. The summed E-state index contributed by atoms with van der Waals surface area (Å²) in [5.41, 5.74) is 4.22. The number of anilines is 2. The van der Waals surface area contributed by atoms with Crippen molar-refractivity contribution in [2.45, 2.75) is 45.4 Å². The molecule has 2 amide bonds. The lowest BCUT2D eigenvalue weighted by molar-refractivity contribution is -0.117. The van der Waals surface area contributed by atoms with Gasteiger partial charge in [-0.1, -0.05) is 13.3 Å². The molecular formula is C16H20N2O2. The SMILES string of the molecule is CCCCC(=O)Nc1cc2c3c(c1)CC(=O)N3CCC2. The highest BCUT2D eigenvalue weighted by Crippen LogP contribution is 2.38. The van der Waals surface area contributed by atoms with Crippen LogP contribution in [0.1, 0.15) is 43.7 Å². The van der Waals surface area contributed by atoms with Gasteiger partial charge in [-0.05, 0) is 42.5 Å². The molecule has 0 bridgehead atoms. The smallest absolute Gasteiger partial charge is 0.231 e. The van der Waals surface area contributed by atoms with Gasteiger partial charge >= 0.3 is 0 Å². The fourth-order valence-electron chi connectivity index (χ4n) is 3.11. The van der Waals surface area contributed by atoms with Crippen molar-refractivity contribution < 1.29 is 9.59 Å². The minimum atomic E-state index is 0.0657. The van der Waals surface area contributed by atoms with Crippen molar-refractivity contribution in [2.24, 2.45) is 0 Å². The zero-order chi connectivity index (χ0) is 14.1. The normalized spacial score (nSPS) is 16.2. The summed E-state index contributed by atoms with van der Waals surface area (Å²) in [4.78, 5) is 25.7. The van der Waals surface area contributed by atoms with Crippen LogP contribution in [0.5, 0.6) is 0 Å². The van der Waals surface area contributed by atoms with Crippen LogP contribution in [0, 0.1) is 0 Å². The van der Waals surface area contributed by atoms with Gasteiger partial charge in [-0.25, -0.2) is 0 Å². The summed E-state index contributed by atoms with van der Waals surface area (Å²) in [6.07, 6.45) is 4.97. The largest absolute Gasteiger partial charge is 0.326 e. The molecule has 0 aromatic heterocycles. The predicted octanol–water partition coefficient (Wildman–Crippen LogP) is 2.65. The van der Waals surface area contributed by atoms with E-state index in [0.29, 0.717) is 12.8 Å². The Labute approximate surface area is 119 Å². The number of unbranched alkanes of at least 4 members (excludes halogenated alkanes) is 1. The lowest BCUT2D eigenvalue weighted by Gasteiger charge is -2.26. The third-order valence-electron chi connectivity index (χ3n) is 4.05. The van der Waals surface area contributed by atoms with Crippen LogP contribution in [-0.4, -0.2) is 18.4 Å². The summed E-state index contributed by atoms with van der Waals surface area (Å²) in [7, 11) is 0. The average Bonchev–Trinajstić information content (AvgIpc) is 2.75. The molecule has 2 aliphatic heterocycles. The van der Waals surface area contributed by atoms with Crippen LogP contribution >= 0.6 is 0 Å². The highest BCUT2D eigenvalue weighted by atomic mass is 16.2. The summed E-state index contributed by atoms with van der Waals surface area (Å²) in [5, 5.41) is 2.97. The van der Waals surface area contributed by atoms with Crippen LogP contribution in [0.25, 0.3) is 0 Å². The minimum absolute atomic E-state index is 0.0657. The standard InChI is InChI=1S/C16H20N2O2/c1-2-3-6-14(19)17-13-8-11-5-4-7-18-15(20)10-12(9-13)16(11)18/h8-9H,2-7,10H2,1H3,(H,17,19). The van der Waals surface area contributed by atoms with Gasteiger partial charge in [0.1, 0.15) is 0 Å². The van der Waals surface area contributed by atoms with Gasteiger partial charge in [0.15, 0.2) is 0 Å². The van der Waals surface area contributed by atoms with Crippen molar-refractivity contribution in [3.8, 4) is 0 Å². The van der Waals surface area contributed by atoms with E-state index in [0.717, 1.165) is 49.2 Å². The fraction of sp³-hybridized carbons (Fsp3) is 0.500. The number of rotatable bonds is 4.